The molecule has 0 unspecified atom stereocenters. The average molecular weight is 734 g/mol. The Bertz CT molecular complexity index is 1710. The molecule has 0 spiro atoms. The predicted molar refractivity (Wildman–Crippen MR) is 156 cm³/mol. The number of benzene rings is 2. The first-order chi connectivity index (χ1) is 19.9. The van der Waals surface area contributed by atoms with Gasteiger partial charge in [0.05, 0.1) is 0 Å². The minimum absolute atomic E-state index is 0. The van der Waals surface area contributed by atoms with Crippen molar-refractivity contribution >= 4 is 0 Å². The van der Waals surface area contributed by atoms with Crippen molar-refractivity contribution in [3.63, 3.8) is 0 Å². The fourth-order valence-corrected chi connectivity index (χ4v) is 4.77. The molecule has 6 rings (SSSR count). The van der Waals surface area contributed by atoms with Crippen LogP contribution in [0.3, 0.4) is 0 Å². The smallest absolute Gasteiger partial charge is 0.318 e. The van der Waals surface area contributed by atoms with Crippen molar-refractivity contribution in [3.05, 3.63) is 145 Å². The summed E-state index contributed by atoms with van der Waals surface area (Å²) in [6, 6.07) is 38.8. The molecule has 7 heteroatoms. The summed E-state index contributed by atoms with van der Waals surface area (Å²) in [5.41, 5.74) is 5.87. The molecule has 0 N–H and O–H groups in total. The first kappa shape index (κ1) is 29.1. The Morgan fingerprint density at radius 1 is 0.524 bits per heavy atom. The Hall–Kier alpha value is -4.41. The molecule has 2 aromatic carbocycles. The molecule has 0 saturated carbocycles. The molecule has 0 radical (unpaired) electrons. The molecule has 42 heavy (non-hydrogen) atoms. The maximum Gasteiger partial charge on any atom is 2.00 e. The zero-order valence-electron chi connectivity index (χ0n) is 22.8. The zero-order valence-corrected chi connectivity index (χ0v) is 25.0. The minimum Gasteiger partial charge on any atom is -0.318 e. The third kappa shape index (κ3) is 5.81. The van der Waals surface area contributed by atoms with E-state index in [2.05, 4.69) is 22.1 Å². The fraction of sp³-hybridized carbons (Fsp3) is 0.0857. The topological polar surface area (TPSA) is 51.6 Å². The van der Waals surface area contributed by atoms with Gasteiger partial charge in [0.2, 0.25) is 0 Å². The molecular weight excluding hydrogens is 709 g/mol. The monoisotopic (exact) mass is 733 g/mol. The van der Waals surface area contributed by atoms with E-state index in [1.165, 1.54) is 12.1 Å². The summed E-state index contributed by atoms with van der Waals surface area (Å²) in [5.74, 6) is -1.21. The second-order valence-electron chi connectivity index (χ2n) is 10.1. The zero-order chi connectivity index (χ0) is 28.4. The molecule has 0 amide bonds. The number of rotatable bonds is 6. The van der Waals surface area contributed by atoms with Crippen LogP contribution in [0.4, 0.5) is 8.78 Å². The van der Waals surface area contributed by atoms with Gasteiger partial charge in [-0.25, -0.2) is 8.78 Å². The Labute approximate surface area is 257 Å². The summed E-state index contributed by atoms with van der Waals surface area (Å²) in [6.45, 7) is 4.08. The number of hydrogen-bond acceptors (Lipinski definition) is 4. The summed E-state index contributed by atoms with van der Waals surface area (Å²) in [5, 5.41) is 0. The summed E-state index contributed by atoms with van der Waals surface area (Å²) >= 11 is 0. The average Bonchev–Trinajstić information content (AvgIpc) is 3.02. The van der Waals surface area contributed by atoms with Crippen LogP contribution >= 0.6 is 0 Å². The molecule has 6 aromatic rings. The van der Waals surface area contributed by atoms with E-state index in [1.807, 2.05) is 111 Å². The molecule has 0 saturated heterocycles. The Kier molecular flexibility index (Phi) is 8.46. The summed E-state index contributed by atoms with van der Waals surface area (Å²) < 4.78 is 28.4. The van der Waals surface area contributed by atoms with Gasteiger partial charge in [-0.2, -0.15) is 0 Å². The van der Waals surface area contributed by atoms with Gasteiger partial charge in [-0.1, -0.05) is 108 Å². The third-order valence-electron chi connectivity index (χ3n) is 6.97. The van der Waals surface area contributed by atoms with E-state index in [0.29, 0.717) is 33.9 Å². The van der Waals surface area contributed by atoms with E-state index in [-0.39, 0.29) is 21.1 Å². The maximum atomic E-state index is 14.2. The number of halogens is 2. The van der Waals surface area contributed by atoms with Gasteiger partial charge in [0.1, 0.15) is 11.9 Å². The molecule has 4 nitrogen and oxygen atoms in total. The fourth-order valence-electron chi connectivity index (χ4n) is 4.77. The SMILES string of the molecule is CC(C)(c1cccc(-c2[c-]cc(F)nc2-c2ccccc2)n1)c1cccc(-c2[c-]cc(F)nc2-c2ccccc2)n1.[Pt+2]. The van der Waals surface area contributed by atoms with Crippen LogP contribution in [0.5, 0.6) is 0 Å². The van der Waals surface area contributed by atoms with Crippen LogP contribution in [0.15, 0.2) is 109 Å². The molecule has 0 aliphatic carbocycles. The molecule has 0 bridgehead atoms. The second kappa shape index (κ2) is 12.2. The van der Waals surface area contributed by atoms with Crippen LogP contribution in [0, 0.1) is 24.0 Å². The van der Waals surface area contributed by atoms with E-state index in [9.17, 15) is 8.78 Å². The quantitative estimate of drug-likeness (QED) is 0.128. The molecule has 0 aliphatic heterocycles. The van der Waals surface area contributed by atoms with Gasteiger partial charge in [-0.3, -0.25) is 0 Å². The van der Waals surface area contributed by atoms with Gasteiger partial charge in [-0.15, -0.1) is 12.1 Å². The van der Waals surface area contributed by atoms with Gasteiger partial charge >= 0.3 is 21.1 Å². The van der Waals surface area contributed by atoms with Crippen LogP contribution < -0.4 is 0 Å². The van der Waals surface area contributed by atoms with Crippen LogP contribution in [-0.2, 0) is 26.5 Å². The van der Waals surface area contributed by atoms with Gasteiger partial charge in [0.25, 0.3) is 0 Å². The van der Waals surface area contributed by atoms with E-state index < -0.39 is 17.3 Å². The van der Waals surface area contributed by atoms with E-state index >= 15 is 0 Å². The maximum absolute atomic E-state index is 14.2. The van der Waals surface area contributed by atoms with Crippen LogP contribution in [0.25, 0.3) is 45.0 Å². The molecule has 208 valence electrons. The van der Waals surface area contributed by atoms with Gasteiger partial charge < -0.3 is 19.9 Å². The van der Waals surface area contributed by atoms with Gasteiger partial charge in [0, 0.05) is 16.8 Å². The van der Waals surface area contributed by atoms with Crippen molar-refractivity contribution in [2.45, 2.75) is 19.3 Å². The number of aromatic nitrogens is 4. The first-order valence-electron chi connectivity index (χ1n) is 13.1. The van der Waals surface area contributed by atoms with Crippen LogP contribution in [-0.4, -0.2) is 19.9 Å². The molecule has 0 aliphatic rings. The summed E-state index contributed by atoms with van der Waals surface area (Å²) in [7, 11) is 0. The number of pyridine rings is 4. The number of hydrogen-bond donors (Lipinski definition) is 0. The second-order valence-corrected chi connectivity index (χ2v) is 10.1. The summed E-state index contributed by atoms with van der Waals surface area (Å²) in [6.07, 6.45) is 0. The normalized spacial score (nSPS) is 11.1. The van der Waals surface area contributed by atoms with Crippen molar-refractivity contribution in [1.29, 1.82) is 0 Å². The number of nitrogens with zero attached hydrogens (tertiary/aromatic N) is 4. The third-order valence-corrected chi connectivity index (χ3v) is 6.97. The molecular formula is C35H24F2N4Pt. The standard InChI is InChI=1S/C35H24F2N4.Pt/c1-35(2,29-17-9-15-27(38-29)25-19-21-31(36)40-33(25)23-11-5-3-6-12-23)30-18-10-16-28(39-30)26-20-22-32(37)41-34(26)24-13-7-4-8-14-24;/h3-18,21-22H,1-2H3;/q-2;+2. The van der Waals surface area contributed by atoms with E-state index in [4.69, 9.17) is 9.97 Å². The molecule has 0 fully saturated rings. The van der Waals surface area contributed by atoms with Crippen molar-refractivity contribution in [1.82, 2.24) is 19.9 Å². The molecule has 4 aromatic heterocycles. The minimum atomic E-state index is -0.618. The van der Waals surface area contributed by atoms with Crippen molar-refractivity contribution in [3.8, 4) is 45.0 Å². The van der Waals surface area contributed by atoms with Crippen molar-refractivity contribution in [2.75, 3.05) is 0 Å². The predicted octanol–water partition coefficient (Wildman–Crippen LogP) is 8.14. The van der Waals surface area contributed by atoms with Crippen molar-refractivity contribution in [2.24, 2.45) is 0 Å². The van der Waals surface area contributed by atoms with E-state index in [0.717, 1.165) is 22.5 Å². The van der Waals surface area contributed by atoms with Crippen LogP contribution in [0.1, 0.15) is 25.2 Å². The van der Waals surface area contributed by atoms with E-state index in [1.54, 1.807) is 0 Å². The summed E-state index contributed by atoms with van der Waals surface area (Å²) in [4.78, 5) is 18.3. The molecule has 0 atom stereocenters. The van der Waals surface area contributed by atoms with Crippen LogP contribution in [0.2, 0.25) is 0 Å². The van der Waals surface area contributed by atoms with Gasteiger partial charge in [0.15, 0.2) is 0 Å². The first-order valence-corrected chi connectivity index (χ1v) is 13.1. The Morgan fingerprint density at radius 3 is 1.33 bits per heavy atom. The van der Waals surface area contributed by atoms with Gasteiger partial charge in [-0.05, 0) is 59.9 Å². The Morgan fingerprint density at radius 2 is 0.929 bits per heavy atom. The molecule has 4 heterocycles. The van der Waals surface area contributed by atoms with Crippen molar-refractivity contribution < 1.29 is 29.8 Å². The largest absolute Gasteiger partial charge is 2.00 e. The Balaban J connectivity index is 0.00000353.